The summed E-state index contributed by atoms with van der Waals surface area (Å²) in [6.45, 7) is 7.20. The minimum absolute atomic E-state index is 0.0231. The second-order valence-electron chi connectivity index (χ2n) is 10.4. The third-order valence-corrected chi connectivity index (χ3v) is 9.20. The summed E-state index contributed by atoms with van der Waals surface area (Å²) in [6, 6.07) is 0. The van der Waals surface area contributed by atoms with Crippen molar-refractivity contribution >= 4 is 23.3 Å². The number of carbonyl (C=O) groups excluding carboxylic acids is 4. The molecule has 0 heterocycles. The van der Waals surface area contributed by atoms with Gasteiger partial charge < -0.3 is 4.74 Å². The van der Waals surface area contributed by atoms with Gasteiger partial charge in [0.25, 0.3) is 0 Å². The Morgan fingerprint density at radius 1 is 1.00 bits per heavy atom. The Kier molecular flexibility index (Phi) is 4.41. The zero-order valence-corrected chi connectivity index (χ0v) is 17.5. The lowest BCUT2D eigenvalue weighted by atomic mass is 9.44. The van der Waals surface area contributed by atoms with Crippen molar-refractivity contribution in [3.05, 3.63) is 0 Å². The fourth-order valence-corrected chi connectivity index (χ4v) is 7.44. The SMILES string of the molecule is CC(=O)O[C@]1(C(C)=O)CC[C@@]2(C)[C@@H](CC(=O)[C@H]3[C@H]4CCC(=O)[C@@]4(C)CC[C@@H]32)C1. The maximum atomic E-state index is 13.3. The highest BCUT2D eigenvalue weighted by atomic mass is 16.6. The Morgan fingerprint density at radius 2 is 1.71 bits per heavy atom. The predicted octanol–water partition coefficient (Wildman–Crippen LogP) is 3.67. The average molecular weight is 389 g/mol. The summed E-state index contributed by atoms with van der Waals surface area (Å²) in [6.07, 6.45) is 5.44. The van der Waals surface area contributed by atoms with Crippen molar-refractivity contribution in [3.8, 4) is 0 Å². The lowest BCUT2D eigenvalue weighted by Gasteiger charge is -2.60. The molecule has 0 amide bonds. The number of fused-ring (bicyclic) bond motifs is 5. The van der Waals surface area contributed by atoms with Crippen LogP contribution in [0.1, 0.15) is 79.1 Å². The molecule has 154 valence electrons. The third-order valence-electron chi connectivity index (χ3n) is 9.20. The van der Waals surface area contributed by atoms with Crippen LogP contribution in [0.2, 0.25) is 0 Å². The highest BCUT2D eigenvalue weighted by molar-refractivity contribution is 5.91. The quantitative estimate of drug-likeness (QED) is 0.675. The molecule has 0 saturated heterocycles. The molecule has 5 heteroatoms. The number of rotatable bonds is 2. The Morgan fingerprint density at radius 3 is 2.36 bits per heavy atom. The van der Waals surface area contributed by atoms with Crippen LogP contribution in [-0.2, 0) is 23.9 Å². The van der Waals surface area contributed by atoms with Crippen LogP contribution < -0.4 is 0 Å². The predicted molar refractivity (Wildman–Crippen MR) is 102 cm³/mol. The van der Waals surface area contributed by atoms with E-state index < -0.39 is 11.6 Å². The second kappa shape index (κ2) is 6.24. The first-order valence-corrected chi connectivity index (χ1v) is 10.8. The third kappa shape index (κ3) is 2.57. The minimum Gasteiger partial charge on any atom is -0.451 e. The van der Waals surface area contributed by atoms with Crippen LogP contribution in [0.4, 0.5) is 0 Å². The highest BCUT2D eigenvalue weighted by Crippen LogP contribution is 2.65. The number of hydrogen-bond donors (Lipinski definition) is 0. The monoisotopic (exact) mass is 388 g/mol. The molecule has 0 unspecified atom stereocenters. The molecule has 4 aliphatic carbocycles. The Hall–Kier alpha value is -1.52. The largest absolute Gasteiger partial charge is 0.451 e. The summed E-state index contributed by atoms with van der Waals surface area (Å²) in [5.74, 6) is 0.533. The number of ketones is 3. The van der Waals surface area contributed by atoms with Crippen molar-refractivity contribution in [2.24, 2.45) is 34.5 Å². The van der Waals surface area contributed by atoms with Crippen LogP contribution in [0.5, 0.6) is 0 Å². The van der Waals surface area contributed by atoms with Gasteiger partial charge in [-0.25, -0.2) is 0 Å². The number of carbonyl (C=O) groups is 4. The van der Waals surface area contributed by atoms with E-state index in [-0.39, 0.29) is 46.1 Å². The first-order valence-electron chi connectivity index (χ1n) is 10.8. The summed E-state index contributed by atoms with van der Waals surface area (Å²) >= 11 is 0. The van der Waals surface area contributed by atoms with Gasteiger partial charge in [0.2, 0.25) is 0 Å². The highest BCUT2D eigenvalue weighted by Gasteiger charge is 2.64. The van der Waals surface area contributed by atoms with E-state index in [1.165, 1.54) is 13.8 Å². The first-order chi connectivity index (χ1) is 13.0. The normalized spacial score (nSPS) is 47.7. The number of ether oxygens (including phenoxy) is 1. The van der Waals surface area contributed by atoms with E-state index >= 15 is 0 Å². The Labute approximate surface area is 167 Å². The van der Waals surface area contributed by atoms with Crippen molar-refractivity contribution in [1.82, 2.24) is 0 Å². The van der Waals surface area contributed by atoms with Gasteiger partial charge in [-0.15, -0.1) is 0 Å². The van der Waals surface area contributed by atoms with Gasteiger partial charge in [0.1, 0.15) is 11.6 Å². The molecule has 4 rings (SSSR count). The van der Waals surface area contributed by atoms with Crippen LogP contribution >= 0.6 is 0 Å². The molecule has 4 aliphatic rings. The van der Waals surface area contributed by atoms with Gasteiger partial charge in [-0.3, -0.25) is 19.2 Å². The number of hydrogen-bond acceptors (Lipinski definition) is 5. The van der Waals surface area contributed by atoms with Gasteiger partial charge >= 0.3 is 5.97 Å². The van der Waals surface area contributed by atoms with Gasteiger partial charge in [0.15, 0.2) is 11.4 Å². The standard InChI is InChI=1S/C23H32O5/c1-13(24)23(28-14(2)25)10-9-21(3)15(12-23)11-18(26)20-16-5-6-19(27)22(16,4)8-7-17(20)21/h15-17,20H,5-12H2,1-4H3/t15-,16+,17-,20-,21-,22-,23+/m0/s1. The molecule has 0 radical (unpaired) electrons. The molecule has 5 nitrogen and oxygen atoms in total. The minimum atomic E-state index is -1.07. The molecular weight excluding hydrogens is 356 g/mol. The smallest absolute Gasteiger partial charge is 0.303 e. The van der Waals surface area contributed by atoms with Crippen LogP contribution in [-0.4, -0.2) is 28.9 Å². The van der Waals surface area contributed by atoms with E-state index in [1.54, 1.807) is 0 Å². The van der Waals surface area contributed by atoms with E-state index in [4.69, 9.17) is 4.74 Å². The zero-order chi connectivity index (χ0) is 20.5. The summed E-state index contributed by atoms with van der Waals surface area (Å²) in [5, 5.41) is 0. The lowest BCUT2D eigenvalue weighted by molar-refractivity contribution is -0.187. The maximum absolute atomic E-state index is 13.3. The maximum Gasteiger partial charge on any atom is 0.303 e. The molecule has 0 N–H and O–H groups in total. The van der Waals surface area contributed by atoms with E-state index in [0.29, 0.717) is 31.5 Å². The van der Waals surface area contributed by atoms with E-state index in [1.807, 2.05) is 0 Å². The Balaban J connectivity index is 1.66. The molecule has 0 aromatic heterocycles. The molecule has 0 bridgehead atoms. The fraction of sp³-hybridized carbons (Fsp3) is 0.826. The van der Waals surface area contributed by atoms with Crippen LogP contribution in [0.15, 0.2) is 0 Å². The van der Waals surface area contributed by atoms with Crippen LogP contribution in [0.3, 0.4) is 0 Å². The molecule has 0 spiro atoms. The average Bonchev–Trinajstić information content (AvgIpc) is 2.91. The van der Waals surface area contributed by atoms with Crippen molar-refractivity contribution in [2.75, 3.05) is 0 Å². The summed E-state index contributed by atoms with van der Waals surface area (Å²) in [7, 11) is 0. The first kappa shape index (κ1) is 19.8. The Bertz CT molecular complexity index is 756. The van der Waals surface area contributed by atoms with Gasteiger partial charge in [-0.2, -0.15) is 0 Å². The topological polar surface area (TPSA) is 77.5 Å². The molecule has 7 atom stereocenters. The van der Waals surface area contributed by atoms with Gasteiger partial charge in [0, 0.05) is 31.1 Å². The van der Waals surface area contributed by atoms with E-state index in [2.05, 4.69) is 13.8 Å². The molecule has 0 aromatic carbocycles. The van der Waals surface area contributed by atoms with Gasteiger partial charge in [-0.05, 0) is 68.6 Å². The fourth-order valence-electron chi connectivity index (χ4n) is 7.44. The molecule has 0 aromatic rings. The molecule has 0 aliphatic heterocycles. The van der Waals surface area contributed by atoms with Gasteiger partial charge in [0.05, 0.1) is 0 Å². The van der Waals surface area contributed by atoms with Crippen molar-refractivity contribution in [3.63, 3.8) is 0 Å². The summed E-state index contributed by atoms with van der Waals surface area (Å²) in [4.78, 5) is 50.0. The number of esters is 1. The molecular formula is C23H32O5. The van der Waals surface area contributed by atoms with Gasteiger partial charge in [-0.1, -0.05) is 13.8 Å². The van der Waals surface area contributed by atoms with E-state index in [0.717, 1.165) is 25.7 Å². The number of Topliss-reactive ketones (excluding diaryl/α,β-unsaturated/α-hetero) is 3. The van der Waals surface area contributed by atoms with Crippen molar-refractivity contribution < 1.29 is 23.9 Å². The second-order valence-corrected chi connectivity index (χ2v) is 10.4. The summed E-state index contributed by atoms with van der Waals surface area (Å²) in [5.41, 5.74) is -1.43. The van der Waals surface area contributed by atoms with Crippen molar-refractivity contribution in [2.45, 2.75) is 84.7 Å². The van der Waals surface area contributed by atoms with Crippen LogP contribution in [0, 0.1) is 34.5 Å². The van der Waals surface area contributed by atoms with Crippen LogP contribution in [0.25, 0.3) is 0 Å². The molecule has 4 saturated carbocycles. The summed E-state index contributed by atoms with van der Waals surface area (Å²) < 4.78 is 5.56. The van der Waals surface area contributed by atoms with E-state index in [9.17, 15) is 19.2 Å². The lowest BCUT2D eigenvalue weighted by Crippen LogP contribution is -2.60. The zero-order valence-electron chi connectivity index (χ0n) is 17.5. The van der Waals surface area contributed by atoms with Crippen molar-refractivity contribution in [1.29, 1.82) is 0 Å². The molecule has 4 fully saturated rings. The molecule has 28 heavy (non-hydrogen) atoms.